The topological polar surface area (TPSA) is 23.5 Å². The Morgan fingerprint density at radius 1 is 1.19 bits per heavy atom. The molecular weight excluding hydrogens is 214 g/mol. The van der Waals surface area contributed by atoms with Crippen molar-refractivity contribution >= 4 is 8.07 Å². The third-order valence-corrected chi connectivity index (χ3v) is 3.79. The van der Waals surface area contributed by atoms with Crippen LogP contribution < -0.4 is 0 Å². The van der Waals surface area contributed by atoms with E-state index in [1.165, 1.54) is 5.56 Å². The van der Waals surface area contributed by atoms with Crippen molar-refractivity contribution in [3.05, 3.63) is 35.9 Å². The molecule has 16 heavy (non-hydrogen) atoms. The molecule has 0 heterocycles. The summed E-state index contributed by atoms with van der Waals surface area (Å²) in [7, 11) is -1.17. The van der Waals surface area contributed by atoms with Crippen molar-refractivity contribution in [1.82, 2.24) is 4.90 Å². The third-order valence-electron chi connectivity index (χ3n) is 2.43. The minimum Gasteiger partial charge on any atom is -0.379 e. The van der Waals surface area contributed by atoms with Gasteiger partial charge in [0.1, 0.15) is 6.23 Å². The van der Waals surface area contributed by atoms with Gasteiger partial charge in [-0.2, -0.15) is 0 Å². The number of rotatable bonds is 5. The molecule has 1 rings (SSSR count). The smallest absolute Gasteiger partial charge is 0.104 e. The van der Waals surface area contributed by atoms with Crippen LogP contribution in [-0.4, -0.2) is 30.5 Å². The molecule has 0 radical (unpaired) electrons. The van der Waals surface area contributed by atoms with Crippen LogP contribution >= 0.6 is 0 Å². The monoisotopic (exact) mass is 237 g/mol. The summed E-state index contributed by atoms with van der Waals surface area (Å²) in [5.41, 5.74) is 1.27. The van der Waals surface area contributed by atoms with Crippen LogP contribution in [0.5, 0.6) is 0 Å². The summed E-state index contributed by atoms with van der Waals surface area (Å²) in [5, 5.41) is 9.78. The highest BCUT2D eigenvalue weighted by Gasteiger charge is 2.21. The first kappa shape index (κ1) is 13.4. The lowest BCUT2D eigenvalue weighted by Gasteiger charge is -2.31. The van der Waals surface area contributed by atoms with Gasteiger partial charge in [0.2, 0.25) is 0 Å². The van der Waals surface area contributed by atoms with Crippen LogP contribution in [0.15, 0.2) is 30.3 Å². The van der Waals surface area contributed by atoms with Gasteiger partial charge in [-0.15, -0.1) is 0 Å². The average molecular weight is 237 g/mol. The lowest BCUT2D eigenvalue weighted by molar-refractivity contribution is 0.0248. The highest BCUT2D eigenvalue weighted by molar-refractivity contribution is 6.76. The van der Waals surface area contributed by atoms with Crippen LogP contribution in [0, 0.1) is 0 Å². The van der Waals surface area contributed by atoms with Gasteiger partial charge in [0.25, 0.3) is 0 Å². The van der Waals surface area contributed by atoms with Crippen LogP contribution in [0.1, 0.15) is 12.5 Å². The number of aliphatic hydroxyl groups excluding tert-OH is 1. The van der Waals surface area contributed by atoms with Crippen LogP contribution in [0.4, 0.5) is 0 Å². The molecule has 0 amide bonds. The van der Waals surface area contributed by atoms with E-state index in [0.29, 0.717) is 0 Å². The quantitative estimate of drug-likeness (QED) is 0.629. The third kappa shape index (κ3) is 4.92. The summed E-state index contributed by atoms with van der Waals surface area (Å²) in [6.45, 7) is 9.67. The molecule has 0 aliphatic heterocycles. The first-order chi connectivity index (χ1) is 7.38. The molecule has 0 aliphatic carbocycles. The summed E-state index contributed by atoms with van der Waals surface area (Å²) in [4.78, 5) is 2.15. The summed E-state index contributed by atoms with van der Waals surface area (Å²) in [5.74, 6) is 0. The van der Waals surface area contributed by atoms with E-state index in [2.05, 4.69) is 36.7 Å². The molecule has 1 aromatic rings. The highest BCUT2D eigenvalue weighted by atomic mass is 28.3. The van der Waals surface area contributed by atoms with Crippen molar-refractivity contribution in [2.45, 2.75) is 39.3 Å². The molecule has 1 atom stereocenters. The number of hydrogen-bond donors (Lipinski definition) is 1. The first-order valence-corrected chi connectivity index (χ1v) is 9.55. The largest absolute Gasteiger partial charge is 0.379 e. The van der Waals surface area contributed by atoms with Gasteiger partial charge in [-0.25, -0.2) is 0 Å². The maximum absolute atomic E-state index is 9.78. The zero-order valence-electron chi connectivity index (χ0n) is 10.8. The molecule has 0 aromatic heterocycles. The van der Waals surface area contributed by atoms with Gasteiger partial charge < -0.3 is 5.11 Å². The van der Waals surface area contributed by atoms with Crippen molar-refractivity contribution in [3.63, 3.8) is 0 Å². The summed E-state index contributed by atoms with van der Waals surface area (Å²) >= 11 is 0. The number of aliphatic hydroxyl groups is 1. The fraction of sp³-hybridized carbons (Fsp3) is 0.538. The van der Waals surface area contributed by atoms with Crippen molar-refractivity contribution in [3.8, 4) is 0 Å². The normalized spacial score (nSPS) is 14.1. The molecule has 1 N–H and O–H groups in total. The van der Waals surface area contributed by atoms with Gasteiger partial charge in [0, 0.05) is 6.54 Å². The van der Waals surface area contributed by atoms with E-state index in [-0.39, 0.29) is 6.23 Å². The summed E-state index contributed by atoms with van der Waals surface area (Å²) < 4.78 is 0. The molecule has 0 saturated carbocycles. The number of benzene rings is 1. The second kappa shape index (κ2) is 5.62. The second-order valence-electron chi connectivity index (χ2n) is 5.58. The molecule has 1 unspecified atom stereocenters. The van der Waals surface area contributed by atoms with Gasteiger partial charge >= 0.3 is 0 Å². The Balaban J connectivity index is 2.66. The van der Waals surface area contributed by atoms with Crippen LogP contribution in [0.2, 0.25) is 19.6 Å². The Kier molecular flexibility index (Phi) is 4.71. The molecule has 0 saturated heterocycles. The molecule has 0 spiro atoms. The molecular formula is C13H23NOSi. The van der Waals surface area contributed by atoms with Gasteiger partial charge in [0.05, 0.1) is 8.07 Å². The van der Waals surface area contributed by atoms with Gasteiger partial charge in [-0.1, -0.05) is 50.0 Å². The lowest BCUT2D eigenvalue weighted by Crippen LogP contribution is -2.44. The van der Waals surface area contributed by atoms with Gasteiger partial charge in [-0.3, -0.25) is 4.90 Å². The minimum atomic E-state index is -1.17. The Morgan fingerprint density at radius 3 is 2.19 bits per heavy atom. The average Bonchev–Trinajstić information content (AvgIpc) is 2.16. The van der Waals surface area contributed by atoms with Crippen molar-refractivity contribution in [2.75, 3.05) is 6.17 Å². The molecule has 90 valence electrons. The molecule has 0 aliphatic rings. The van der Waals surface area contributed by atoms with Crippen molar-refractivity contribution < 1.29 is 5.11 Å². The Hall–Kier alpha value is -0.643. The summed E-state index contributed by atoms with van der Waals surface area (Å²) in [6.07, 6.45) is 0.659. The Bertz CT molecular complexity index is 305. The predicted molar refractivity (Wildman–Crippen MR) is 71.9 cm³/mol. The first-order valence-electron chi connectivity index (χ1n) is 5.84. The molecule has 3 heteroatoms. The van der Waals surface area contributed by atoms with Gasteiger partial charge in [0.15, 0.2) is 0 Å². The number of hydrogen-bond acceptors (Lipinski definition) is 2. The van der Waals surface area contributed by atoms with E-state index in [4.69, 9.17) is 0 Å². The highest BCUT2D eigenvalue weighted by Crippen LogP contribution is 2.11. The maximum atomic E-state index is 9.78. The molecule has 2 nitrogen and oxygen atoms in total. The zero-order chi connectivity index (χ0) is 12.2. The minimum absolute atomic E-state index is 0.369. The van der Waals surface area contributed by atoms with Crippen LogP contribution in [-0.2, 0) is 6.54 Å². The zero-order valence-corrected chi connectivity index (χ0v) is 11.8. The maximum Gasteiger partial charge on any atom is 0.104 e. The van der Waals surface area contributed by atoms with E-state index in [9.17, 15) is 5.11 Å². The van der Waals surface area contributed by atoms with E-state index < -0.39 is 8.07 Å². The van der Waals surface area contributed by atoms with E-state index in [0.717, 1.165) is 12.7 Å². The van der Waals surface area contributed by atoms with E-state index in [1.807, 2.05) is 25.1 Å². The van der Waals surface area contributed by atoms with E-state index >= 15 is 0 Å². The van der Waals surface area contributed by atoms with Gasteiger partial charge in [-0.05, 0) is 18.7 Å². The fourth-order valence-corrected chi connectivity index (χ4v) is 3.34. The standard InChI is InChI=1S/C13H23NOSi/c1-12(15)14(11-16(2,3)4)10-13-8-6-5-7-9-13/h5-9,12,15H,10-11H2,1-4H3. The lowest BCUT2D eigenvalue weighted by atomic mass is 10.2. The molecule has 0 bridgehead atoms. The van der Waals surface area contributed by atoms with Crippen LogP contribution in [0.3, 0.4) is 0 Å². The Labute approximate surface area is 99.9 Å². The molecule has 1 aromatic carbocycles. The predicted octanol–water partition coefficient (Wildman–Crippen LogP) is 2.70. The SMILES string of the molecule is CC(O)N(Cc1ccccc1)C[Si](C)(C)C. The Morgan fingerprint density at radius 2 is 1.75 bits per heavy atom. The fourth-order valence-electron chi connectivity index (χ4n) is 1.75. The van der Waals surface area contributed by atoms with Crippen molar-refractivity contribution in [2.24, 2.45) is 0 Å². The second-order valence-corrected chi connectivity index (χ2v) is 11.0. The van der Waals surface area contributed by atoms with E-state index in [1.54, 1.807) is 0 Å². The van der Waals surface area contributed by atoms with Crippen LogP contribution in [0.25, 0.3) is 0 Å². The number of nitrogens with zero attached hydrogens (tertiary/aromatic N) is 1. The van der Waals surface area contributed by atoms with Crippen molar-refractivity contribution in [1.29, 1.82) is 0 Å². The molecule has 0 fully saturated rings. The summed E-state index contributed by atoms with van der Waals surface area (Å²) in [6, 6.07) is 10.3.